The van der Waals surface area contributed by atoms with Crippen molar-refractivity contribution in [2.75, 3.05) is 6.79 Å². The lowest BCUT2D eigenvalue weighted by molar-refractivity contribution is 0.174. The van der Waals surface area contributed by atoms with Gasteiger partial charge in [0, 0.05) is 29.2 Å². The van der Waals surface area contributed by atoms with Crippen LogP contribution in [0.25, 0.3) is 10.6 Å². The molecule has 19 heavy (non-hydrogen) atoms. The van der Waals surface area contributed by atoms with Crippen LogP contribution in [-0.2, 0) is 6.54 Å². The van der Waals surface area contributed by atoms with Crippen LogP contribution in [0.4, 0.5) is 0 Å². The van der Waals surface area contributed by atoms with Crippen LogP contribution in [0, 0.1) is 0 Å². The lowest BCUT2D eigenvalue weighted by Gasteiger charge is -2.04. The fourth-order valence-electron chi connectivity index (χ4n) is 1.86. The van der Waals surface area contributed by atoms with Crippen LogP contribution in [-0.4, -0.2) is 17.8 Å². The van der Waals surface area contributed by atoms with Gasteiger partial charge in [0.05, 0.1) is 0 Å². The van der Waals surface area contributed by atoms with Gasteiger partial charge in [-0.2, -0.15) is 0 Å². The maximum absolute atomic E-state index is 5.39. The Morgan fingerprint density at radius 3 is 3.00 bits per heavy atom. The first-order valence-corrected chi connectivity index (χ1v) is 7.12. The molecule has 1 aromatic carbocycles. The molecule has 0 fully saturated rings. The molecule has 2 heterocycles. The molecule has 0 saturated carbocycles. The van der Waals surface area contributed by atoms with E-state index in [1.807, 2.05) is 24.4 Å². The van der Waals surface area contributed by atoms with Gasteiger partial charge in [-0.1, -0.05) is 13.8 Å². The average Bonchev–Trinajstić information content (AvgIpc) is 3.04. The van der Waals surface area contributed by atoms with E-state index in [1.54, 1.807) is 11.3 Å². The molecule has 0 aliphatic carbocycles. The van der Waals surface area contributed by atoms with Gasteiger partial charge in [0.15, 0.2) is 11.5 Å². The molecule has 2 aromatic rings. The summed E-state index contributed by atoms with van der Waals surface area (Å²) in [5, 5.41) is 4.41. The van der Waals surface area contributed by atoms with Crippen molar-refractivity contribution in [2.45, 2.75) is 26.4 Å². The number of ether oxygens (including phenoxy) is 2. The Balaban J connectivity index is 1.79. The molecule has 0 radical (unpaired) electrons. The minimum absolute atomic E-state index is 0.306. The summed E-state index contributed by atoms with van der Waals surface area (Å²) in [6.45, 7) is 5.44. The van der Waals surface area contributed by atoms with Crippen LogP contribution < -0.4 is 14.8 Å². The van der Waals surface area contributed by atoms with Crippen molar-refractivity contribution in [1.29, 1.82) is 0 Å². The molecule has 1 aromatic heterocycles. The smallest absolute Gasteiger partial charge is 0.231 e. The maximum Gasteiger partial charge on any atom is 0.231 e. The lowest BCUT2D eigenvalue weighted by atomic mass is 10.2. The van der Waals surface area contributed by atoms with E-state index in [9.17, 15) is 0 Å². The van der Waals surface area contributed by atoms with Crippen LogP contribution in [0.2, 0.25) is 0 Å². The van der Waals surface area contributed by atoms with Crippen molar-refractivity contribution >= 4 is 11.3 Å². The second-order valence-electron chi connectivity index (χ2n) is 4.74. The van der Waals surface area contributed by atoms with Gasteiger partial charge in [0.25, 0.3) is 0 Å². The van der Waals surface area contributed by atoms with E-state index in [4.69, 9.17) is 9.47 Å². The minimum Gasteiger partial charge on any atom is -0.454 e. The predicted octanol–water partition coefficient (Wildman–Crippen LogP) is 3.04. The maximum atomic E-state index is 5.39. The highest BCUT2D eigenvalue weighted by Gasteiger charge is 2.15. The molecule has 0 amide bonds. The first kappa shape index (κ1) is 12.4. The third-order valence-corrected chi connectivity index (χ3v) is 3.90. The number of aromatic nitrogens is 1. The zero-order valence-electron chi connectivity index (χ0n) is 11.0. The number of thiazole rings is 1. The molecule has 1 N–H and O–H groups in total. The summed E-state index contributed by atoms with van der Waals surface area (Å²) in [7, 11) is 0. The molecule has 1 aliphatic rings. The average molecular weight is 276 g/mol. The number of hydrogen-bond donors (Lipinski definition) is 1. The highest BCUT2D eigenvalue weighted by Crippen LogP contribution is 2.36. The summed E-state index contributed by atoms with van der Waals surface area (Å²) in [6.07, 6.45) is 1.93. The Hall–Kier alpha value is -1.59. The zero-order valence-corrected chi connectivity index (χ0v) is 11.8. The van der Waals surface area contributed by atoms with Gasteiger partial charge in [-0.25, -0.2) is 4.98 Å². The van der Waals surface area contributed by atoms with Crippen LogP contribution >= 0.6 is 11.3 Å². The molecule has 0 spiro atoms. The Morgan fingerprint density at radius 1 is 1.32 bits per heavy atom. The van der Waals surface area contributed by atoms with Gasteiger partial charge in [0.1, 0.15) is 5.01 Å². The Kier molecular flexibility index (Phi) is 3.40. The van der Waals surface area contributed by atoms with E-state index in [0.29, 0.717) is 12.8 Å². The summed E-state index contributed by atoms with van der Waals surface area (Å²) in [6, 6.07) is 6.42. The van der Waals surface area contributed by atoms with Crippen LogP contribution in [0.5, 0.6) is 11.5 Å². The second kappa shape index (κ2) is 5.19. The third-order valence-electron chi connectivity index (χ3n) is 2.86. The molecule has 100 valence electrons. The summed E-state index contributed by atoms with van der Waals surface area (Å²) in [5.41, 5.74) is 1.07. The zero-order chi connectivity index (χ0) is 13.2. The minimum atomic E-state index is 0.306. The molecule has 4 nitrogen and oxygen atoms in total. The Labute approximate surface area is 116 Å². The van der Waals surface area contributed by atoms with Gasteiger partial charge >= 0.3 is 0 Å². The highest BCUT2D eigenvalue weighted by atomic mass is 32.1. The standard InChI is InChI=1S/C14H16N2O2S/c1-9(2)15-6-11-7-16-14(19-11)10-3-4-12-13(5-10)18-8-17-12/h3-5,7,9,15H,6,8H2,1-2H3. The number of hydrogen-bond acceptors (Lipinski definition) is 5. The summed E-state index contributed by atoms with van der Waals surface area (Å²) in [5.74, 6) is 1.61. The summed E-state index contributed by atoms with van der Waals surface area (Å²) in [4.78, 5) is 5.71. The predicted molar refractivity (Wildman–Crippen MR) is 75.6 cm³/mol. The molecule has 0 bridgehead atoms. The molecule has 5 heteroatoms. The molecule has 0 saturated heterocycles. The number of benzene rings is 1. The topological polar surface area (TPSA) is 43.4 Å². The Bertz CT molecular complexity index is 581. The van der Waals surface area contributed by atoms with Gasteiger partial charge in [-0.05, 0) is 18.2 Å². The van der Waals surface area contributed by atoms with E-state index < -0.39 is 0 Å². The first-order valence-electron chi connectivity index (χ1n) is 6.30. The van der Waals surface area contributed by atoms with Crippen molar-refractivity contribution in [3.8, 4) is 22.1 Å². The molecule has 1 aliphatic heterocycles. The number of nitrogens with one attached hydrogen (secondary N) is 1. The largest absolute Gasteiger partial charge is 0.454 e. The van der Waals surface area contributed by atoms with Crippen LogP contribution in [0.3, 0.4) is 0 Å². The van der Waals surface area contributed by atoms with Crippen molar-refractivity contribution in [1.82, 2.24) is 10.3 Å². The van der Waals surface area contributed by atoms with Crippen molar-refractivity contribution < 1.29 is 9.47 Å². The molecular formula is C14H16N2O2S. The van der Waals surface area contributed by atoms with Gasteiger partial charge in [-0.3, -0.25) is 0 Å². The third kappa shape index (κ3) is 2.72. The molecule has 0 unspecified atom stereocenters. The van der Waals surface area contributed by atoms with E-state index in [-0.39, 0.29) is 0 Å². The number of nitrogens with zero attached hydrogens (tertiary/aromatic N) is 1. The van der Waals surface area contributed by atoms with Crippen LogP contribution in [0.1, 0.15) is 18.7 Å². The van der Waals surface area contributed by atoms with Gasteiger partial charge in [-0.15, -0.1) is 11.3 Å². The fourth-order valence-corrected chi connectivity index (χ4v) is 2.72. The highest BCUT2D eigenvalue weighted by molar-refractivity contribution is 7.15. The monoisotopic (exact) mass is 276 g/mol. The molecular weight excluding hydrogens is 260 g/mol. The van der Waals surface area contributed by atoms with E-state index in [1.165, 1.54) is 4.88 Å². The Morgan fingerprint density at radius 2 is 2.16 bits per heavy atom. The van der Waals surface area contributed by atoms with Crippen LogP contribution in [0.15, 0.2) is 24.4 Å². The quantitative estimate of drug-likeness (QED) is 0.932. The summed E-state index contributed by atoms with van der Waals surface area (Å²) >= 11 is 1.70. The van der Waals surface area contributed by atoms with E-state index in [0.717, 1.165) is 28.6 Å². The van der Waals surface area contributed by atoms with E-state index >= 15 is 0 Å². The fraction of sp³-hybridized carbons (Fsp3) is 0.357. The second-order valence-corrected chi connectivity index (χ2v) is 5.85. The van der Waals surface area contributed by atoms with Crippen molar-refractivity contribution in [3.63, 3.8) is 0 Å². The normalized spacial score (nSPS) is 13.2. The van der Waals surface area contributed by atoms with Crippen molar-refractivity contribution in [3.05, 3.63) is 29.3 Å². The van der Waals surface area contributed by atoms with Gasteiger partial charge < -0.3 is 14.8 Å². The number of rotatable bonds is 4. The lowest BCUT2D eigenvalue weighted by Crippen LogP contribution is -2.21. The first-order chi connectivity index (χ1) is 9.22. The van der Waals surface area contributed by atoms with Crippen molar-refractivity contribution in [2.24, 2.45) is 0 Å². The molecule has 0 atom stereocenters. The molecule has 3 rings (SSSR count). The summed E-state index contributed by atoms with van der Waals surface area (Å²) < 4.78 is 10.7. The SMILES string of the molecule is CC(C)NCc1cnc(-c2ccc3c(c2)OCO3)s1. The van der Waals surface area contributed by atoms with E-state index in [2.05, 4.69) is 24.1 Å². The number of fused-ring (bicyclic) bond motifs is 1. The van der Waals surface area contributed by atoms with Gasteiger partial charge in [0.2, 0.25) is 6.79 Å².